The van der Waals surface area contributed by atoms with Crippen LogP contribution in [0.4, 0.5) is 0 Å². The van der Waals surface area contributed by atoms with Crippen molar-refractivity contribution in [3.63, 3.8) is 0 Å². The van der Waals surface area contributed by atoms with Crippen molar-refractivity contribution >= 4 is 12.0 Å². The Bertz CT molecular complexity index is 408. The molecule has 1 aliphatic rings. The molecule has 1 N–H and O–H groups in total. The molecule has 4 nitrogen and oxygen atoms in total. The van der Waals surface area contributed by atoms with Crippen LogP contribution in [0.1, 0.15) is 5.56 Å². The van der Waals surface area contributed by atoms with E-state index in [9.17, 15) is 9.90 Å². The van der Waals surface area contributed by atoms with Gasteiger partial charge < -0.3 is 14.7 Å². The molecule has 1 heterocycles. The van der Waals surface area contributed by atoms with E-state index >= 15 is 0 Å². The lowest BCUT2D eigenvalue weighted by Gasteiger charge is -2.09. The van der Waals surface area contributed by atoms with E-state index in [1.165, 1.54) is 6.08 Å². The van der Waals surface area contributed by atoms with Gasteiger partial charge in [0.15, 0.2) is 0 Å². The minimum atomic E-state index is -0.0965. The summed E-state index contributed by atoms with van der Waals surface area (Å²) in [6, 6.07) is 6.88. The highest BCUT2D eigenvalue weighted by Crippen LogP contribution is 2.17. The van der Waals surface area contributed by atoms with Gasteiger partial charge in [0.2, 0.25) is 5.91 Å². The molecule has 0 spiro atoms. The topological polar surface area (TPSA) is 49.8 Å². The summed E-state index contributed by atoms with van der Waals surface area (Å²) < 4.78 is 5.08. The van der Waals surface area contributed by atoms with Crippen molar-refractivity contribution in [1.29, 1.82) is 0 Å². The Morgan fingerprint density at radius 2 is 2.25 bits per heavy atom. The van der Waals surface area contributed by atoms with Gasteiger partial charge in [-0.05, 0) is 12.1 Å². The van der Waals surface area contributed by atoms with Gasteiger partial charge in [0.25, 0.3) is 0 Å². The number of rotatable bonds is 2. The number of carbonyl (C=O) groups excluding carboxylic acids is 1. The number of phenols is 1. The summed E-state index contributed by atoms with van der Waals surface area (Å²) in [4.78, 5) is 13.2. The summed E-state index contributed by atoms with van der Waals surface area (Å²) in [6.45, 7) is 1.57. The Morgan fingerprint density at radius 3 is 2.94 bits per heavy atom. The fraction of sp³-hybridized carbons (Fsp3) is 0.250. The Morgan fingerprint density at radius 1 is 1.44 bits per heavy atom. The van der Waals surface area contributed by atoms with Crippen LogP contribution in [0.25, 0.3) is 6.08 Å². The smallest absolute Gasteiger partial charge is 0.248 e. The van der Waals surface area contributed by atoms with Crippen LogP contribution in [0.3, 0.4) is 0 Å². The maximum Gasteiger partial charge on any atom is 0.248 e. The molecule has 84 valence electrons. The molecule has 1 fully saturated rings. The van der Waals surface area contributed by atoms with E-state index < -0.39 is 0 Å². The molecule has 0 atom stereocenters. The van der Waals surface area contributed by atoms with E-state index in [2.05, 4.69) is 0 Å². The summed E-state index contributed by atoms with van der Waals surface area (Å²) in [7, 11) is 0. The number of nitrogens with zero attached hydrogens (tertiary/aromatic N) is 1. The van der Waals surface area contributed by atoms with Crippen molar-refractivity contribution in [3.8, 4) is 5.75 Å². The molecule has 0 unspecified atom stereocenters. The highest BCUT2D eigenvalue weighted by molar-refractivity contribution is 5.92. The molecule has 2 rings (SSSR count). The number of aromatic hydroxyl groups is 1. The summed E-state index contributed by atoms with van der Waals surface area (Å²) in [5.74, 6) is 0.0741. The number of amides is 1. The van der Waals surface area contributed by atoms with Crippen LogP contribution in [0, 0.1) is 0 Å². The molecule has 1 aromatic rings. The molecule has 0 aliphatic carbocycles. The van der Waals surface area contributed by atoms with Crippen molar-refractivity contribution in [3.05, 3.63) is 35.9 Å². The fourth-order valence-corrected chi connectivity index (χ4v) is 1.48. The maximum absolute atomic E-state index is 11.6. The molecule has 1 amide bonds. The number of hydrogen-bond acceptors (Lipinski definition) is 3. The van der Waals surface area contributed by atoms with Gasteiger partial charge in [0.05, 0.1) is 6.61 Å². The number of ether oxygens (including phenoxy) is 1. The summed E-state index contributed by atoms with van der Waals surface area (Å²) in [6.07, 6.45) is 3.06. The molecule has 1 aliphatic heterocycles. The molecule has 4 heteroatoms. The SMILES string of the molecule is O=C(/C=C/c1ccccc1O)N1CCOC1. The monoisotopic (exact) mass is 219 g/mol. The van der Waals surface area contributed by atoms with Crippen LogP contribution in [0.15, 0.2) is 30.3 Å². The Balaban J connectivity index is 2.03. The molecule has 0 aromatic heterocycles. The molecule has 0 saturated carbocycles. The average molecular weight is 219 g/mol. The first-order valence-electron chi connectivity index (χ1n) is 5.10. The number of para-hydroxylation sites is 1. The standard InChI is InChI=1S/C12H13NO3/c14-11-4-2-1-3-10(11)5-6-12(15)13-7-8-16-9-13/h1-6,14H,7-9H2/b6-5+. The Hall–Kier alpha value is -1.81. The second-order valence-corrected chi connectivity index (χ2v) is 3.53. The summed E-state index contributed by atoms with van der Waals surface area (Å²) in [5.41, 5.74) is 0.635. The molecule has 0 radical (unpaired) electrons. The lowest BCUT2D eigenvalue weighted by molar-refractivity contribution is -0.126. The molecule has 16 heavy (non-hydrogen) atoms. The zero-order chi connectivity index (χ0) is 11.4. The van der Waals surface area contributed by atoms with Gasteiger partial charge in [-0.1, -0.05) is 18.2 Å². The predicted octanol–water partition coefficient (Wildman–Crippen LogP) is 1.22. The van der Waals surface area contributed by atoms with E-state index in [4.69, 9.17) is 4.74 Å². The minimum absolute atomic E-state index is 0.0965. The Kier molecular flexibility index (Phi) is 3.22. The lowest BCUT2D eigenvalue weighted by atomic mass is 10.2. The molecular formula is C12H13NO3. The third-order valence-electron chi connectivity index (χ3n) is 2.41. The van der Waals surface area contributed by atoms with Crippen molar-refractivity contribution in [2.75, 3.05) is 19.9 Å². The minimum Gasteiger partial charge on any atom is -0.507 e. The van der Waals surface area contributed by atoms with Crippen molar-refractivity contribution < 1.29 is 14.6 Å². The lowest BCUT2D eigenvalue weighted by Crippen LogP contribution is -2.26. The van der Waals surface area contributed by atoms with E-state index in [1.54, 1.807) is 29.2 Å². The second-order valence-electron chi connectivity index (χ2n) is 3.53. The first-order valence-corrected chi connectivity index (χ1v) is 5.10. The van der Waals surface area contributed by atoms with Crippen LogP contribution in [0.2, 0.25) is 0 Å². The van der Waals surface area contributed by atoms with Gasteiger partial charge in [-0.15, -0.1) is 0 Å². The van der Waals surface area contributed by atoms with Gasteiger partial charge in [0.1, 0.15) is 12.5 Å². The number of benzene rings is 1. The van der Waals surface area contributed by atoms with Crippen LogP contribution >= 0.6 is 0 Å². The number of carbonyl (C=O) groups is 1. The van der Waals surface area contributed by atoms with Gasteiger partial charge in [-0.2, -0.15) is 0 Å². The van der Waals surface area contributed by atoms with Gasteiger partial charge in [-0.3, -0.25) is 4.79 Å². The number of phenolic OH excluding ortho intramolecular Hbond substituents is 1. The Labute approximate surface area is 93.8 Å². The summed E-state index contributed by atoms with van der Waals surface area (Å²) >= 11 is 0. The van der Waals surface area contributed by atoms with E-state index in [1.807, 2.05) is 6.07 Å². The first kappa shape index (κ1) is 10.7. The van der Waals surface area contributed by atoms with Crippen molar-refractivity contribution in [2.45, 2.75) is 0 Å². The van der Waals surface area contributed by atoms with Gasteiger partial charge in [-0.25, -0.2) is 0 Å². The zero-order valence-corrected chi connectivity index (χ0v) is 8.80. The highest BCUT2D eigenvalue weighted by Gasteiger charge is 2.15. The third-order valence-corrected chi connectivity index (χ3v) is 2.41. The normalized spacial score (nSPS) is 15.9. The van der Waals surface area contributed by atoms with Crippen molar-refractivity contribution in [2.24, 2.45) is 0 Å². The van der Waals surface area contributed by atoms with Crippen molar-refractivity contribution in [1.82, 2.24) is 4.90 Å². The quantitative estimate of drug-likeness (QED) is 0.761. The zero-order valence-electron chi connectivity index (χ0n) is 8.80. The largest absolute Gasteiger partial charge is 0.507 e. The highest BCUT2D eigenvalue weighted by atomic mass is 16.5. The van der Waals surface area contributed by atoms with Crippen LogP contribution in [0.5, 0.6) is 5.75 Å². The van der Waals surface area contributed by atoms with E-state index in [0.29, 0.717) is 25.4 Å². The van der Waals surface area contributed by atoms with Crippen LogP contribution in [-0.2, 0) is 9.53 Å². The molecule has 1 saturated heterocycles. The molecular weight excluding hydrogens is 206 g/mol. The predicted molar refractivity (Wildman–Crippen MR) is 59.7 cm³/mol. The average Bonchev–Trinajstić information content (AvgIpc) is 2.81. The second kappa shape index (κ2) is 4.81. The molecule has 1 aromatic carbocycles. The first-order chi connectivity index (χ1) is 7.77. The van der Waals surface area contributed by atoms with Gasteiger partial charge in [0, 0.05) is 18.2 Å². The number of hydrogen-bond donors (Lipinski definition) is 1. The van der Waals surface area contributed by atoms with E-state index in [0.717, 1.165) is 0 Å². The van der Waals surface area contributed by atoms with Gasteiger partial charge >= 0.3 is 0 Å². The van der Waals surface area contributed by atoms with Crippen LogP contribution in [-0.4, -0.2) is 35.8 Å². The fourth-order valence-electron chi connectivity index (χ4n) is 1.48. The summed E-state index contributed by atoms with van der Waals surface area (Å²) in [5, 5.41) is 9.49. The van der Waals surface area contributed by atoms with Crippen LogP contribution < -0.4 is 0 Å². The third kappa shape index (κ3) is 2.41. The van der Waals surface area contributed by atoms with E-state index in [-0.39, 0.29) is 11.7 Å². The molecule has 0 bridgehead atoms. The maximum atomic E-state index is 11.6.